The molecule has 12 heteroatoms. The summed E-state index contributed by atoms with van der Waals surface area (Å²) in [5.41, 5.74) is 1.69. The SMILES string of the molecule is C=C(C)C(=O)OCCCC(C)(C)C.C=C(C)C(=O)OCCN(C)C.C=C(C)C(=O)OCC[N+](C)(C)C.C=CC(=O)OCCN(C)C.[Cl-]. The van der Waals surface area contributed by atoms with Crippen molar-refractivity contribution < 1.29 is 55.0 Å². The number of nitrogens with zero attached hydrogens (tertiary/aromatic N) is 3. The van der Waals surface area contributed by atoms with E-state index >= 15 is 0 Å². The fraction of sp³-hybridized carbons (Fsp3) is 0.657. The van der Waals surface area contributed by atoms with Gasteiger partial charge in [0.2, 0.25) is 0 Å². The van der Waals surface area contributed by atoms with E-state index in [1.807, 2.05) is 38.0 Å². The fourth-order valence-electron chi connectivity index (χ4n) is 2.26. The molecule has 0 saturated carbocycles. The molecule has 47 heavy (non-hydrogen) atoms. The predicted molar refractivity (Wildman–Crippen MR) is 187 cm³/mol. The molecule has 0 aromatic rings. The highest BCUT2D eigenvalue weighted by Crippen LogP contribution is 2.20. The molecule has 0 aliphatic carbocycles. The lowest BCUT2D eigenvalue weighted by Crippen LogP contribution is -3.00. The van der Waals surface area contributed by atoms with E-state index in [1.54, 1.807) is 20.8 Å². The Balaban J connectivity index is -0.000000166. The number of ether oxygens (including phenoxy) is 4. The zero-order chi connectivity index (χ0) is 37.1. The minimum absolute atomic E-state index is 0. The number of hydrogen-bond donors (Lipinski definition) is 0. The highest BCUT2D eigenvalue weighted by Gasteiger charge is 2.11. The number of rotatable bonds is 16. The van der Waals surface area contributed by atoms with Crippen molar-refractivity contribution in [3.05, 3.63) is 49.1 Å². The van der Waals surface area contributed by atoms with E-state index < -0.39 is 0 Å². The highest BCUT2D eigenvalue weighted by molar-refractivity contribution is 5.87. The Morgan fingerprint density at radius 2 is 1.00 bits per heavy atom. The number of carbonyl (C=O) groups excluding carboxylic acids is 4. The van der Waals surface area contributed by atoms with Crippen LogP contribution in [0.5, 0.6) is 0 Å². The predicted octanol–water partition coefficient (Wildman–Crippen LogP) is 1.69. The number of carbonyl (C=O) groups is 4. The summed E-state index contributed by atoms with van der Waals surface area (Å²) >= 11 is 0. The lowest BCUT2D eigenvalue weighted by molar-refractivity contribution is -0.870. The maximum Gasteiger partial charge on any atom is 0.333 e. The van der Waals surface area contributed by atoms with Gasteiger partial charge >= 0.3 is 23.9 Å². The maximum atomic E-state index is 10.9. The summed E-state index contributed by atoms with van der Waals surface area (Å²) in [4.78, 5) is 47.0. The molecule has 0 aromatic carbocycles. The molecular weight excluding hydrogens is 626 g/mol. The van der Waals surface area contributed by atoms with Gasteiger partial charge in [-0.25, -0.2) is 19.2 Å². The average Bonchev–Trinajstić information content (AvgIpc) is 2.90. The van der Waals surface area contributed by atoms with Crippen LogP contribution in [0.15, 0.2) is 49.1 Å². The molecule has 11 nitrogen and oxygen atoms in total. The second kappa shape index (κ2) is 30.4. The molecule has 0 atom stereocenters. The van der Waals surface area contributed by atoms with Crippen LogP contribution in [0.25, 0.3) is 0 Å². The molecule has 0 bridgehead atoms. The summed E-state index contributed by atoms with van der Waals surface area (Å²) in [6.45, 7) is 29.3. The Kier molecular flexibility index (Phi) is 34.5. The normalized spacial score (nSPS) is 10.2. The molecule has 0 aromatic heterocycles. The van der Waals surface area contributed by atoms with Crippen molar-refractivity contribution in [2.75, 3.05) is 95.4 Å². The van der Waals surface area contributed by atoms with E-state index in [4.69, 9.17) is 18.9 Å². The zero-order valence-electron chi connectivity index (χ0n) is 31.8. The first kappa shape index (κ1) is 53.5. The molecule has 0 N–H and O–H groups in total. The molecule has 0 radical (unpaired) electrons. The van der Waals surface area contributed by atoms with Crippen molar-refractivity contribution in [3.63, 3.8) is 0 Å². The van der Waals surface area contributed by atoms with Gasteiger partial charge in [0.1, 0.15) is 26.4 Å². The summed E-state index contributed by atoms with van der Waals surface area (Å²) in [6, 6.07) is 0. The van der Waals surface area contributed by atoms with Gasteiger partial charge in [0, 0.05) is 35.9 Å². The maximum absolute atomic E-state index is 10.9. The smallest absolute Gasteiger partial charge is 0.333 e. The fourth-order valence-corrected chi connectivity index (χ4v) is 2.26. The quantitative estimate of drug-likeness (QED) is 0.0780. The van der Waals surface area contributed by atoms with Crippen molar-refractivity contribution >= 4 is 23.9 Å². The molecule has 0 aliphatic rings. The highest BCUT2D eigenvalue weighted by atomic mass is 35.5. The molecule has 0 heterocycles. The molecule has 0 fully saturated rings. The van der Waals surface area contributed by atoms with Gasteiger partial charge in [0.25, 0.3) is 0 Å². The summed E-state index contributed by atoms with van der Waals surface area (Å²) < 4.78 is 20.2. The number of halogens is 1. The molecule has 0 unspecified atom stereocenters. The summed E-state index contributed by atoms with van der Waals surface area (Å²) in [5.74, 6) is -1.26. The van der Waals surface area contributed by atoms with E-state index in [1.165, 1.54) is 0 Å². The van der Waals surface area contributed by atoms with Gasteiger partial charge in [-0.2, -0.15) is 0 Å². The zero-order valence-corrected chi connectivity index (χ0v) is 32.5. The van der Waals surface area contributed by atoms with Crippen LogP contribution < -0.4 is 12.4 Å². The van der Waals surface area contributed by atoms with Crippen LogP contribution in [0.4, 0.5) is 0 Å². The lowest BCUT2D eigenvalue weighted by Gasteiger charge is -2.23. The Morgan fingerprint density at radius 1 is 0.660 bits per heavy atom. The number of likely N-dealkylation sites (N-methyl/N-ethyl adjacent to an activating group) is 3. The standard InChI is InChI=1S/C11H20O2.C9H18NO2.C8H15NO2.C7H13NO2.ClH/c1-9(2)10(12)13-8-6-7-11(3,4)5;1-8(2)9(11)12-7-6-10(3,4)5;1-7(2)8(10)11-6-5-9(3)4;1-4-7(9)10-6-5-8(2)3;/h1,6-8H2,2-5H3;1,6-7H2,2-5H3;1,5-6H2,2-4H3;4H,1,5-6H2,2-3H3;1H/q;+1;;;/p-1. The van der Waals surface area contributed by atoms with Crippen molar-refractivity contribution in [1.29, 1.82) is 0 Å². The third-order valence-corrected chi connectivity index (χ3v) is 5.07. The Morgan fingerprint density at radius 3 is 1.30 bits per heavy atom. The first-order valence-corrected chi connectivity index (χ1v) is 15.2. The van der Waals surface area contributed by atoms with Gasteiger partial charge in [0.05, 0.1) is 27.7 Å². The summed E-state index contributed by atoms with van der Waals surface area (Å²) in [5, 5.41) is 0. The van der Waals surface area contributed by atoms with Gasteiger partial charge in [-0.05, 0) is 67.2 Å². The molecule has 0 amide bonds. The van der Waals surface area contributed by atoms with Crippen LogP contribution in [-0.2, 0) is 38.1 Å². The third-order valence-electron chi connectivity index (χ3n) is 5.07. The van der Waals surface area contributed by atoms with Crippen LogP contribution in [0, 0.1) is 5.41 Å². The van der Waals surface area contributed by atoms with E-state index in [9.17, 15) is 19.2 Å². The molecule has 0 spiro atoms. The van der Waals surface area contributed by atoms with Crippen molar-refractivity contribution in [2.24, 2.45) is 5.41 Å². The number of quaternary nitrogens is 1. The van der Waals surface area contributed by atoms with E-state index in [0.29, 0.717) is 48.6 Å². The second-order valence-electron chi connectivity index (χ2n) is 13.4. The van der Waals surface area contributed by atoms with Gasteiger partial charge < -0.3 is 45.6 Å². The van der Waals surface area contributed by atoms with E-state index in [-0.39, 0.29) is 36.3 Å². The van der Waals surface area contributed by atoms with E-state index in [0.717, 1.165) is 43.0 Å². The minimum Gasteiger partial charge on any atom is -1.00 e. The van der Waals surface area contributed by atoms with Gasteiger partial charge in [-0.15, -0.1) is 0 Å². The molecule has 0 saturated heterocycles. The number of hydrogen-bond acceptors (Lipinski definition) is 10. The first-order valence-electron chi connectivity index (χ1n) is 15.2. The molecular formula is C35H66ClN3O8. The topological polar surface area (TPSA) is 112 Å². The van der Waals surface area contributed by atoms with Gasteiger partial charge in [-0.1, -0.05) is 47.1 Å². The molecule has 0 aliphatic heterocycles. The minimum atomic E-state index is -0.359. The lowest BCUT2D eigenvalue weighted by atomic mass is 9.91. The monoisotopic (exact) mass is 691 g/mol. The van der Waals surface area contributed by atoms with Crippen LogP contribution in [0.1, 0.15) is 54.4 Å². The first-order chi connectivity index (χ1) is 20.9. The summed E-state index contributed by atoms with van der Waals surface area (Å²) in [6.07, 6.45) is 3.15. The summed E-state index contributed by atoms with van der Waals surface area (Å²) in [7, 11) is 13.8. The number of esters is 4. The second-order valence-corrected chi connectivity index (χ2v) is 13.4. The Hall–Kier alpha value is -2.99. The Labute approximate surface area is 292 Å². The van der Waals surface area contributed by atoms with Gasteiger partial charge in [0.15, 0.2) is 0 Å². The van der Waals surface area contributed by atoms with Crippen molar-refractivity contribution in [2.45, 2.75) is 54.4 Å². The van der Waals surface area contributed by atoms with Crippen molar-refractivity contribution in [3.8, 4) is 0 Å². The van der Waals surface area contributed by atoms with Gasteiger partial charge in [-0.3, -0.25) is 0 Å². The van der Waals surface area contributed by atoms with Crippen LogP contribution in [0.3, 0.4) is 0 Å². The van der Waals surface area contributed by atoms with Crippen molar-refractivity contribution in [1.82, 2.24) is 9.80 Å². The Bertz CT molecular complexity index is 949. The van der Waals surface area contributed by atoms with Crippen LogP contribution in [-0.4, -0.2) is 134 Å². The largest absolute Gasteiger partial charge is 1.00 e. The van der Waals surface area contributed by atoms with Crippen LogP contribution in [0.2, 0.25) is 0 Å². The average molecular weight is 692 g/mol. The molecule has 276 valence electrons. The van der Waals surface area contributed by atoms with E-state index in [2.05, 4.69) is 68.2 Å². The van der Waals surface area contributed by atoms with Crippen LogP contribution >= 0.6 is 0 Å². The molecule has 0 rings (SSSR count). The third kappa shape index (κ3) is 50.1.